The molecule has 2 nitrogen and oxygen atoms in total. The molecule has 1 aromatic rings. The Balaban J connectivity index is 1.98. The molecule has 17 heavy (non-hydrogen) atoms. The maximum Gasteiger partial charge on any atom is 0.129 e. The average Bonchev–Trinajstić information content (AvgIpc) is 3.12. The summed E-state index contributed by atoms with van der Waals surface area (Å²) in [7, 11) is 2.07. The van der Waals surface area contributed by atoms with Gasteiger partial charge in [0.25, 0.3) is 0 Å². The van der Waals surface area contributed by atoms with Gasteiger partial charge in [0.1, 0.15) is 5.82 Å². The minimum Gasteiger partial charge on any atom is -0.388 e. The van der Waals surface area contributed by atoms with Gasteiger partial charge in [-0.2, -0.15) is 0 Å². The third-order valence-electron chi connectivity index (χ3n) is 3.51. The van der Waals surface area contributed by atoms with Crippen molar-refractivity contribution in [3.05, 3.63) is 35.6 Å². The molecule has 1 N–H and O–H groups in total. The lowest BCUT2D eigenvalue weighted by atomic mass is 9.96. The standard InChI is InChI=1S/C14H20FNO/c1-10(9-16(2)11-7-8-11)14(17)12-5-3-4-6-13(12)15/h3-6,10-11,14,17H,7-9H2,1-2H3. The average molecular weight is 237 g/mol. The van der Waals surface area contributed by atoms with Crippen LogP contribution in [-0.4, -0.2) is 29.6 Å². The predicted octanol–water partition coefficient (Wildman–Crippen LogP) is 2.59. The van der Waals surface area contributed by atoms with Crippen molar-refractivity contribution in [2.24, 2.45) is 5.92 Å². The molecule has 0 amide bonds. The van der Waals surface area contributed by atoms with Crippen molar-refractivity contribution in [2.45, 2.75) is 31.9 Å². The monoisotopic (exact) mass is 237 g/mol. The maximum atomic E-state index is 13.5. The summed E-state index contributed by atoms with van der Waals surface area (Å²) < 4.78 is 13.5. The number of halogens is 1. The summed E-state index contributed by atoms with van der Waals surface area (Å²) in [4.78, 5) is 2.26. The van der Waals surface area contributed by atoms with Crippen LogP contribution in [0.3, 0.4) is 0 Å². The van der Waals surface area contributed by atoms with Crippen LogP contribution in [0.2, 0.25) is 0 Å². The maximum absolute atomic E-state index is 13.5. The van der Waals surface area contributed by atoms with Gasteiger partial charge >= 0.3 is 0 Å². The van der Waals surface area contributed by atoms with Crippen LogP contribution in [0.25, 0.3) is 0 Å². The van der Waals surface area contributed by atoms with E-state index in [0.717, 1.165) is 6.54 Å². The molecule has 1 saturated carbocycles. The van der Waals surface area contributed by atoms with Gasteiger partial charge in [0.15, 0.2) is 0 Å². The van der Waals surface area contributed by atoms with Crippen LogP contribution < -0.4 is 0 Å². The van der Waals surface area contributed by atoms with Crippen molar-refractivity contribution in [3.63, 3.8) is 0 Å². The highest BCUT2D eigenvalue weighted by atomic mass is 19.1. The van der Waals surface area contributed by atoms with E-state index in [1.54, 1.807) is 18.2 Å². The van der Waals surface area contributed by atoms with Crippen LogP contribution in [-0.2, 0) is 0 Å². The van der Waals surface area contributed by atoms with E-state index in [4.69, 9.17) is 0 Å². The minimum absolute atomic E-state index is 0.0394. The van der Waals surface area contributed by atoms with Gasteiger partial charge in [-0.05, 0) is 31.9 Å². The highest BCUT2D eigenvalue weighted by molar-refractivity contribution is 5.20. The predicted molar refractivity (Wildman–Crippen MR) is 66.2 cm³/mol. The summed E-state index contributed by atoms with van der Waals surface area (Å²) in [5.74, 6) is -0.279. The first kappa shape index (κ1) is 12.5. The lowest BCUT2D eigenvalue weighted by molar-refractivity contribution is 0.0901. The second kappa shape index (κ2) is 5.15. The SMILES string of the molecule is CC(CN(C)C1CC1)C(O)c1ccccc1F. The summed E-state index contributed by atoms with van der Waals surface area (Å²) in [5, 5.41) is 10.2. The van der Waals surface area contributed by atoms with Gasteiger partial charge in [0.05, 0.1) is 6.10 Å². The summed E-state index contributed by atoms with van der Waals surface area (Å²) >= 11 is 0. The van der Waals surface area contributed by atoms with E-state index in [1.165, 1.54) is 18.9 Å². The van der Waals surface area contributed by atoms with Gasteiger partial charge in [0.2, 0.25) is 0 Å². The van der Waals surface area contributed by atoms with Crippen LogP contribution in [0.4, 0.5) is 4.39 Å². The summed E-state index contributed by atoms with van der Waals surface area (Å²) in [5.41, 5.74) is 0.407. The highest BCUT2D eigenvalue weighted by Gasteiger charge is 2.29. The minimum atomic E-state index is -0.725. The van der Waals surface area contributed by atoms with E-state index < -0.39 is 6.10 Å². The molecule has 0 saturated heterocycles. The molecule has 0 aromatic heterocycles. The third kappa shape index (κ3) is 3.05. The Labute approximate surface area is 102 Å². The number of aliphatic hydroxyl groups is 1. The van der Waals surface area contributed by atoms with Crippen LogP contribution in [0.5, 0.6) is 0 Å². The molecule has 1 aliphatic rings. The molecule has 0 aliphatic heterocycles. The van der Waals surface area contributed by atoms with Crippen molar-refractivity contribution in [3.8, 4) is 0 Å². The van der Waals surface area contributed by atoms with Gasteiger partial charge in [0, 0.05) is 18.2 Å². The van der Waals surface area contributed by atoms with E-state index in [1.807, 2.05) is 6.92 Å². The molecule has 0 radical (unpaired) electrons. The molecular formula is C14H20FNO. The summed E-state index contributed by atoms with van der Waals surface area (Å²) in [6.45, 7) is 2.77. The van der Waals surface area contributed by atoms with Crippen LogP contribution in [0.1, 0.15) is 31.4 Å². The van der Waals surface area contributed by atoms with E-state index in [2.05, 4.69) is 11.9 Å². The Morgan fingerprint density at radius 3 is 2.65 bits per heavy atom. The first-order valence-electron chi connectivity index (χ1n) is 6.22. The zero-order valence-electron chi connectivity index (χ0n) is 10.4. The van der Waals surface area contributed by atoms with Crippen molar-refractivity contribution in [2.75, 3.05) is 13.6 Å². The molecular weight excluding hydrogens is 217 g/mol. The molecule has 2 atom stereocenters. The van der Waals surface area contributed by atoms with E-state index in [-0.39, 0.29) is 11.7 Å². The molecule has 0 heterocycles. The number of benzene rings is 1. The Kier molecular flexibility index (Phi) is 3.79. The largest absolute Gasteiger partial charge is 0.388 e. The van der Waals surface area contributed by atoms with E-state index >= 15 is 0 Å². The fourth-order valence-corrected chi connectivity index (χ4v) is 2.24. The molecule has 0 spiro atoms. The van der Waals surface area contributed by atoms with Gasteiger partial charge in [-0.25, -0.2) is 4.39 Å². The van der Waals surface area contributed by atoms with Crippen molar-refractivity contribution < 1.29 is 9.50 Å². The normalized spacial score (nSPS) is 19.4. The smallest absolute Gasteiger partial charge is 0.129 e. The number of hydrogen-bond acceptors (Lipinski definition) is 2. The van der Waals surface area contributed by atoms with Crippen molar-refractivity contribution in [1.29, 1.82) is 0 Å². The van der Waals surface area contributed by atoms with Gasteiger partial charge < -0.3 is 10.0 Å². The zero-order chi connectivity index (χ0) is 12.4. The van der Waals surface area contributed by atoms with Crippen LogP contribution in [0.15, 0.2) is 24.3 Å². The Bertz CT molecular complexity index is 378. The Morgan fingerprint density at radius 2 is 2.06 bits per heavy atom. The van der Waals surface area contributed by atoms with Crippen LogP contribution in [0, 0.1) is 11.7 Å². The van der Waals surface area contributed by atoms with Crippen molar-refractivity contribution >= 4 is 0 Å². The van der Waals surface area contributed by atoms with Crippen molar-refractivity contribution in [1.82, 2.24) is 4.90 Å². The molecule has 0 bridgehead atoms. The number of nitrogens with zero attached hydrogens (tertiary/aromatic N) is 1. The number of hydrogen-bond donors (Lipinski definition) is 1. The Morgan fingerprint density at radius 1 is 1.41 bits per heavy atom. The molecule has 2 rings (SSSR count). The van der Waals surface area contributed by atoms with Crippen LogP contribution >= 0.6 is 0 Å². The summed E-state index contributed by atoms with van der Waals surface area (Å²) in [6, 6.07) is 7.14. The third-order valence-corrected chi connectivity index (χ3v) is 3.51. The second-order valence-electron chi connectivity index (χ2n) is 5.11. The zero-order valence-corrected chi connectivity index (χ0v) is 10.4. The van der Waals surface area contributed by atoms with E-state index in [9.17, 15) is 9.50 Å². The molecule has 94 valence electrons. The van der Waals surface area contributed by atoms with E-state index in [0.29, 0.717) is 11.6 Å². The molecule has 2 unspecified atom stereocenters. The molecule has 1 aliphatic carbocycles. The quantitative estimate of drug-likeness (QED) is 0.851. The lowest BCUT2D eigenvalue weighted by Crippen LogP contribution is -2.29. The van der Waals surface area contributed by atoms with Gasteiger partial charge in [-0.3, -0.25) is 0 Å². The fourth-order valence-electron chi connectivity index (χ4n) is 2.24. The van der Waals surface area contributed by atoms with Gasteiger partial charge in [-0.1, -0.05) is 25.1 Å². The first-order valence-corrected chi connectivity index (χ1v) is 6.22. The lowest BCUT2D eigenvalue weighted by Gasteiger charge is -2.25. The number of aliphatic hydroxyl groups excluding tert-OH is 1. The second-order valence-corrected chi connectivity index (χ2v) is 5.11. The topological polar surface area (TPSA) is 23.5 Å². The summed E-state index contributed by atoms with van der Waals surface area (Å²) in [6.07, 6.45) is 1.77. The fraction of sp³-hybridized carbons (Fsp3) is 0.571. The highest BCUT2D eigenvalue weighted by Crippen LogP contribution is 2.29. The Hall–Kier alpha value is -0.930. The van der Waals surface area contributed by atoms with Gasteiger partial charge in [-0.15, -0.1) is 0 Å². The number of rotatable bonds is 5. The molecule has 3 heteroatoms. The molecule has 1 aromatic carbocycles. The first-order chi connectivity index (χ1) is 8.09. The molecule has 1 fully saturated rings.